The second-order valence-corrected chi connectivity index (χ2v) is 9.36. The van der Waals surface area contributed by atoms with Gasteiger partial charge in [-0.15, -0.1) is 0 Å². The molecule has 3 aromatic carbocycles. The maximum Gasteiger partial charge on any atom is 0.260 e. The summed E-state index contributed by atoms with van der Waals surface area (Å²) in [6, 6.07) is 20.8. The largest absolute Gasteiger partial charge is 0.508 e. The van der Waals surface area contributed by atoms with Crippen LogP contribution in [0.25, 0.3) is 11.6 Å². The Balaban J connectivity index is 1.33. The Kier molecular flexibility index (Phi) is 7.05. The van der Waals surface area contributed by atoms with Gasteiger partial charge in [0.25, 0.3) is 11.8 Å². The molecule has 2 aliphatic heterocycles. The fourth-order valence-electron chi connectivity index (χ4n) is 4.58. The van der Waals surface area contributed by atoms with Crippen molar-refractivity contribution in [2.24, 2.45) is 0 Å². The molecule has 0 spiro atoms. The normalized spacial score (nSPS) is 17.2. The summed E-state index contributed by atoms with van der Waals surface area (Å²) in [5, 5.41) is 15.6. The van der Waals surface area contributed by atoms with E-state index in [1.807, 2.05) is 48.6 Å². The Labute approximate surface area is 216 Å². The molecule has 1 fully saturated rings. The van der Waals surface area contributed by atoms with Crippen molar-refractivity contribution in [3.05, 3.63) is 101 Å². The summed E-state index contributed by atoms with van der Waals surface area (Å²) in [5.74, 6) is -0.583. The smallest absolute Gasteiger partial charge is 0.260 e. The molecule has 3 N–H and O–H groups in total. The molecule has 2 aliphatic rings. The number of phenols is 1. The van der Waals surface area contributed by atoms with Crippen molar-refractivity contribution in [1.29, 1.82) is 0 Å². The number of allylic oxidation sites excluding steroid dienone is 1. The van der Waals surface area contributed by atoms with E-state index in [-0.39, 0.29) is 5.75 Å². The molecule has 5 rings (SSSR count). The lowest BCUT2D eigenvalue weighted by Gasteiger charge is -2.34. The van der Waals surface area contributed by atoms with Gasteiger partial charge < -0.3 is 20.2 Å². The van der Waals surface area contributed by atoms with E-state index >= 15 is 0 Å². The van der Waals surface area contributed by atoms with Crippen LogP contribution in [0.5, 0.6) is 5.75 Å². The van der Waals surface area contributed by atoms with Gasteiger partial charge in [0.1, 0.15) is 5.75 Å². The monoisotopic (exact) mass is 494 g/mol. The fourth-order valence-corrected chi connectivity index (χ4v) is 4.58. The van der Waals surface area contributed by atoms with Crippen LogP contribution in [0.4, 0.5) is 11.4 Å². The van der Waals surface area contributed by atoms with Crippen molar-refractivity contribution in [2.45, 2.75) is 6.42 Å². The lowest BCUT2D eigenvalue weighted by molar-refractivity contribution is -0.114. The molecule has 0 atom stereocenters. The molecule has 0 aliphatic carbocycles. The molecule has 188 valence electrons. The van der Waals surface area contributed by atoms with Crippen LogP contribution in [-0.2, 0) is 11.2 Å². The molecule has 2 heterocycles. The zero-order valence-electron chi connectivity index (χ0n) is 20.8. The number of benzene rings is 3. The number of hydrogen-bond acceptors (Lipinski definition) is 6. The Morgan fingerprint density at radius 3 is 2.43 bits per heavy atom. The number of likely N-dealkylation sites (N-methyl/N-ethyl adjacent to an activating group) is 1. The zero-order valence-corrected chi connectivity index (χ0v) is 20.8. The van der Waals surface area contributed by atoms with E-state index in [1.165, 1.54) is 5.69 Å². The van der Waals surface area contributed by atoms with Gasteiger partial charge in [-0.2, -0.15) is 0 Å². The van der Waals surface area contributed by atoms with Crippen molar-refractivity contribution in [1.82, 2.24) is 10.2 Å². The second kappa shape index (κ2) is 10.7. The van der Waals surface area contributed by atoms with Gasteiger partial charge in [-0.25, -0.2) is 0 Å². The number of imide groups is 1. The van der Waals surface area contributed by atoms with E-state index in [2.05, 4.69) is 39.6 Å². The highest BCUT2D eigenvalue weighted by molar-refractivity contribution is 6.31. The number of nitrogens with zero attached hydrogens (tertiary/aromatic N) is 2. The topological polar surface area (TPSA) is 84.9 Å². The summed E-state index contributed by atoms with van der Waals surface area (Å²) in [4.78, 5) is 29.9. The van der Waals surface area contributed by atoms with Gasteiger partial charge >= 0.3 is 0 Å². The zero-order chi connectivity index (χ0) is 25.8. The van der Waals surface area contributed by atoms with Crippen LogP contribution in [0.1, 0.15) is 27.0 Å². The third-order valence-electron chi connectivity index (χ3n) is 6.81. The highest BCUT2D eigenvalue weighted by atomic mass is 16.3. The van der Waals surface area contributed by atoms with Crippen molar-refractivity contribution < 1.29 is 14.7 Å². The molecule has 0 unspecified atom stereocenters. The number of hydrogen-bond donors (Lipinski definition) is 3. The number of carbonyl (C=O) groups is 2. The minimum Gasteiger partial charge on any atom is -0.508 e. The lowest BCUT2D eigenvalue weighted by Crippen LogP contribution is -2.44. The first-order valence-corrected chi connectivity index (χ1v) is 12.4. The van der Waals surface area contributed by atoms with Crippen LogP contribution >= 0.6 is 0 Å². The highest BCUT2D eigenvalue weighted by Crippen LogP contribution is 2.27. The number of para-hydroxylation sites is 1. The van der Waals surface area contributed by atoms with Gasteiger partial charge in [-0.1, -0.05) is 36.4 Å². The molecule has 2 amide bonds. The van der Waals surface area contributed by atoms with Gasteiger partial charge in [0.05, 0.1) is 5.57 Å². The molecule has 7 nitrogen and oxygen atoms in total. The van der Waals surface area contributed by atoms with E-state index < -0.39 is 11.8 Å². The Morgan fingerprint density at radius 2 is 1.68 bits per heavy atom. The number of anilines is 2. The predicted molar refractivity (Wildman–Crippen MR) is 148 cm³/mol. The summed E-state index contributed by atoms with van der Waals surface area (Å²) in [6.45, 7) is 4.10. The summed E-state index contributed by atoms with van der Waals surface area (Å²) in [5.41, 5.74) is 5.16. The molecule has 3 aromatic rings. The predicted octanol–water partition coefficient (Wildman–Crippen LogP) is 4.12. The van der Waals surface area contributed by atoms with E-state index in [9.17, 15) is 14.7 Å². The first-order valence-electron chi connectivity index (χ1n) is 12.4. The number of phenolic OH excluding ortho intramolecular Hbond substituents is 1. The quantitative estimate of drug-likeness (QED) is 0.353. The van der Waals surface area contributed by atoms with Crippen molar-refractivity contribution in [3.8, 4) is 5.75 Å². The summed E-state index contributed by atoms with van der Waals surface area (Å²) >= 11 is 0. The van der Waals surface area contributed by atoms with Crippen molar-refractivity contribution in [2.75, 3.05) is 43.4 Å². The number of rotatable bonds is 6. The molecule has 7 heteroatoms. The lowest BCUT2D eigenvalue weighted by atomic mass is 9.93. The average Bonchev–Trinajstić information content (AvgIpc) is 2.90. The summed E-state index contributed by atoms with van der Waals surface area (Å²) in [7, 11) is 2.14. The number of fused-ring (bicyclic) bond motifs is 1. The molecule has 0 saturated carbocycles. The third kappa shape index (κ3) is 5.57. The van der Waals surface area contributed by atoms with Gasteiger partial charge in [0.2, 0.25) is 0 Å². The SMILES string of the molecule is CN1CCN(c2ccc(N/C=C3\C(=O)NC(=O)c4ccc(/C=C/Cc5ccccc5O)cc43)cc2)CC1. The van der Waals surface area contributed by atoms with Crippen LogP contribution in [0.3, 0.4) is 0 Å². The molecule has 0 bridgehead atoms. The molecule has 1 saturated heterocycles. The van der Waals surface area contributed by atoms with Crippen LogP contribution in [-0.4, -0.2) is 55.0 Å². The van der Waals surface area contributed by atoms with Gasteiger partial charge in [0.15, 0.2) is 0 Å². The Hall–Kier alpha value is -4.36. The van der Waals surface area contributed by atoms with Crippen molar-refractivity contribution >= 4 is 34.8 Å². The van der Waals surface area contributed by atoms with Gasteiger partial charge in [-0.05, 0) is 67.1 Å². The number of nitrogens with one attached hydrogen (secondary N) is 2. The minimum absolute atomic E-state index is 0.257. The maximum atomic E-state index is 12.7. The van der Waals surface area contributed by atoms with Crippen LogP contribution in [0, 0.1) is 0 Å². The van der Waals surface area contributed by atoms with Crippen LogP contribution < -0.4 is 15.5 Å². The number of piperazine rings is 1. The Bertz CT molecular complexity index is 1370. The first-order chi connectivity index (χ1) is 18.0. The fraction of sp³-hybridized carbons (Fsp3) is 0.200. The third-order valence-corrected chi connectivity index (χ3v) is 6.81. The Morgan fingerprint density at radius 1 is 0.919 bits per heavy atom. The second-order valence-electron chi connectivity index (χ2n) is 9.36. The van der Waals surface area contributed by atoms with Gasteiger partial charge in [-0.3, -0.25) is 14.9 Å². The molecule has 37 heavy (non-hydrogen) atoms. The molecule has 0 aromatic heterocycles. The van der Waals surface area contributed by atoms with Crippen molar-refractivity contribution in [3.63, 3.8) is 0 Å². The maximum absolute atomic E-state index is 12.7. The van der Waals surface area contributed by atoms with E-state index in [1.54, 1.807) is 24.4 Å². The van der Waals surface area contributed by atoms with E-state index in [4.69, 9.17) is 0 Å². The summed E-state index contributed by atoms with van der Waals surface area (Å²) < 4.78 is 0. The number of aromatic hydroxyl groups is 1. The number of amides is 2. The van der Waals surface area contributed by atoms with Gasteiger partial charge in [0, 0.05) is 54.9 Å². The highest BCUT2D eigenvalue weighted by Gasteiger charge is 2.27. The first kappa shape index (κ1) is 24.3. The minimum atomic E-state index is -0.436. The molecular formula is C30H30N4O3. The van der Waals surface area contributed by atoms with Crippen LogP contribution in [0.15, 0.2) is 79.0 Å². The number of carbonyl (C=O) groups excluding carboxylic acids is 2. The standard InChI is InChI=1S/C30H30N4O3/c1-33-15-17-34(18-16-33)24-12-10-23(11-13-24)31-20-27-26-19-21(9-14-25(26)29(36)32-30(27)37)5-4-7-22-6-2-3-8-28(22)35/h2-6,8-14,19-20,31,35H,7,15-18H2,1H3,(H,32,36,37)/b5-4+,27-20-. The molecule has 0 radical (unpaired) electrons. The molecular weight excluding hydrogens is 464 g/mol. The van der Waals surface area contributed by atoms with Crippen LogP contribution in [0.2, 0.25) is 0 Å². The van der Waals surface area contributed by atoms with E-state index in [0.29, 0.717) is 23.1 Å². The average molecular weight is 495 g/mol. The summed E-state index contributed by atoms with van der Waals surface area (Å²) in [6.07, 6.45) is 6.09. The van der Waals surface area contributed by atoms with E-state index in [0.717, 1.165) is 43.0 Å².